The van der Waals surface area contributed by atoms with E-state index >= 15 is 0 Å². The molecule has 0 heterocycles. The molecule has 0 spiro atoms. The fourth-order valence-electron chi connectivity index (χ4n) is 1.42. The van der Waals surface area contributed by atoms with Gasteiger partial charge in [0.15, 0.2) is 0 Å². The molecule has 0 saturated heterocycles. The van der Waals surface area contributed by atoms with Gasteiger partial charge in [-0.05, 0) is 36.0 Å². The van der Waals surface area contributed by atoms with Crippen molar-refractivity contribution in [2.24, 2.45) is 0 Å². The van der Waals surface area contributed by atoms with Crippen LogP contribution < -0.4 is 0 Å². The molecule has 100 valence electrons. The minimum absolute atomic E-state index is 0.0264. The number of thioether (sulfide) groups is 1. The summed E-state index contributed by atoms with van der Waals surface area (Å²) in [7, 11) is -4.71. The van der Waals surface area contributed by atoms with Crippen LogP contribution in [0.3, 0.4) is 0 Å². The van der Waals surface area contributed by atoms with Crippen LogP contribution in [0, 0.1) is 0 Å². The van der Waals surface area contributed by atoms with Gasteiger partial charge in [0.05, 0.1) is 4.90 Å². The van der Waals surface area contributed by atoms with Crippen molar-refractivity contribution in [1.82, 2.24) is 0 Å². The second-order valence-corrected chi connectivity index (χ2v) is 7.13. The Kier molecular flexibility index (Phi) is 3.91. The first-order valence-electron chi connectivity index (χ1n) is 5.35. The summed E-state index contributed by atoms with van der Waals surface area (Å²) < 4.78 is 47.8. The van der Waals surface area contributed by atoms with E-state index in [2.05, 4.69) is 0 Å². The Morgan fingerprint density at radius 1 is 0.842 bits per heavy atom. The first kappa shape index (κ1) is 14.0. The van der Waals surface area contributed by atoms with Crippen LogP contribution in [0.4, 0.5) is 8.78 Å². The van der Waals surface area contributed by atoms with Gasteiger partial charge >= 0.3 is 4.59 Å². The lowest BCUT2D eigenvalue weighted by Crippen LogP contribution is -2.24. The van der Waals surface area contributed by atoms with E-state index in [1.54, 1.807) is 24.3 Å². The zero-order valence-electron chi connectivity index (χ0n) is 9.66. The van der Waals surface area contributed by atoms with Gasteiger partial charge in [-0.3, -0.25) is 0 Å². The van der Waals surface area contributed by atoms with E-state index in [0.717, 1.165) is 12.1 Å². The number of benzene rings is 2. The highest BCUT2D eigenvalue weighted by atomic mass is 32.3. The Morgan fingerprint density at radius 2 is 1.32 bits per heavy atom. The summed E-state index contributed by atoms with van der Waals surface area (Å²) in [5.74, 6) is 0. The summed E-state index contributed by atoms with van der Waals surface area (Å²) in [6.45, 7) is 0. The molecule has 0 amide bonds. The quantitative estimate of drug-likeness (QED) is 0.805. The highest BCUT2D eigenvalue weighted by molar-refractivity contribution is 8.14. The summed E-state index contributed by atoms with van der Waals surface area (Å²) >= 11 is 0.0264. The molecule has 0 aromatic heterocycles. The predicted octanol–water partition coefficient (Wildman–Crippen LogP) is 3.80. The molecule has 2 aromatic carbocycles. The molecule has 19 heavy (non-hydrogen) atoms. The van der Waals surface area contributed by atoms with Crippen molar-refractivity contribution >= 4 is 21.6 Å². The number of hydrogen-bond acceptors (Lipinski definition) is 3. The van der Waals surface area contributed by atoms with E-state index in [1.807, 2.05) is 0 Å². The summed E-state index contributed by atoms with van der Waals surface area (Å²) in [5.41, 5.74) is 0. The van der Waals surface area contributed by atoms with Gasteiger partial charge in [0, 0.05) is 4.90 Å². The number of rotatable bonds is 4. The van der Waals surface area contributed by atoms with Crippen molar-refractivity contribution in [1.29, 1.82) is 0 Å². The molecule has 2 nitrogen and oxygen atoms in total. The van der Waals surface area contributed by atoms with Crippen molar-refractivity contribution in [3.8, 4) is 0 Å². The molecule has 0 bridgehead atoms. The topological polar surface area (TPSA) is 34.1 Å². The molecule has 0 radical (unpaired) electrons. The summed E-state index contributed by atoms with van der Waals surface area (Å²) in [5, 5.41) is 0. The Morgan fingerprint density at radius 3 is 1.84 bits per heavy atom. The SMILES string of the molecule is O=S(=O)(c1ccccc1)C(F)(F)Sc1ccccc1. The molecule has 2 rings (SSSR count). The zero-order chi connectivity index (χ0) is 13.9. The second-order valence-electron chi connectivity index (χ2n) is 3.69. The van der Waals surface area contributed by atoms with Gasteiger partial charge in [-0.15, -0.1) is 0 Å². The van der Waals surface area contributed by atoms with Gasteiger partial charge in [-0.1, -0.05) is 36.4 Å². The number of sulfone groups is 1. The molecule has 0 atom stereocenters. The summed E-state index contributed by atoms with van der Waals surface area (Å²) in [6, 6.07) is 14.4. The minimum atomic E-state index is -4.71. The monoisotopic (exact) mass is 300 g/mol. The van der Waals surface area contributed by atoms with Crippen molar-refractivity contribution in [2.45, 2.75) is 14.4 Å². The van der Waals surface area contributed by atoms with Crippen LogP contribution in [0.2, 0.25) is 0 Å². The molecule has 0 fully saturated rings. The maximum Gasteiger partial charge on any atom is 0.401 e. The van der Waals surface area contributed by atoms with Gasteiger partial charge in [0.1, 0.15) is 0 Å². The molecule has 0 unspecified atom stereocenters. The maximum atomic E-state index is 13.9. The average Bonchev–Trinajstić information content (AvgIpc) is 2.40. The molecule has 0 saturated carbocycles. The van der Waals surface area contributed by atoms with Gasteiger partial charge in [0.2, 0.25) is 0 Å². The standard InChI is InChI=1S/C13H10F2O2S2/c14-13(15,18-11-7-3-1-4-8-11)19(16,17)12-9-5-2-6-10-12/h1-10H. The highest BCUT2D eigenvalue weighted by Crippen LogP contribution is 2.43. The van der Waals surface area contributed by atoms with Crippen LogP contribution in [0.15, 0.2) is 70.5 Å². The molecule has 6 heteroatoms. The maximum absolute atomic E-state index is 13.9. The van der Waals surface area contributed by atoms with E-state index in [0.29, 0.717) is 0 Å². The third-order valence-electron chi connectivity index (χ3n) is 2.35. The molecule has 0 aliphatic rings. The third-order valence-corrected chi connectivity index (χ3v) is 5.52. The largest absolute Gasteiger partial charge is 0.401 e. The van der Waals surface area contributed by atoms with E-state index in [4.69, 9.17) is 0 Å². The molecule has 0 N–H and O–H groups in total. The number of halogens is 2. The van der Waals surface area contributed by atoms with Crippen LogP contribution in [-0.2, 0) is 9.84 Å². The first-order valence-corrected chi connectivity index (χ1v) is 7.65. The minimum Gasteiger partial charge on any atom is -0.216 e. The molecular weight excluding hydrogens is 290 g/mol. The van der Waals surface area contributed by atoms with Crippen molar-refractivity contribution in [3.63, 3.8) is 0 Å². The number of alkyl halides is 2. The van der Waals surface area contributed by atoms with Crippen LogP contribution in [0.1, 0.15) is 0 Å². The third kappa shape index (κ3) is 2.96. The molecule has 0 aliphatic carbocycles. The van der Waals surface area contributed by atoms with E-state index in [9.17, 15) is 17.2 Å². The Labute approximate surface area is 114 Å². The lowest BCUT2D eigenvalue weighted by Gasteiger charge is -2.16. The fraction of sp³-hybridized carbons (Fsp3) is 0.0769. The second kappa shape index (κ2) is 5.30. The van der Waals surface area contributed by atoms with Gasteiger partial charge < -0.3 is 0 Å². The number of hydrogen-bond donors (Lipinski definition) is 0. The molecule has 2 aromatic rings. The van der Waals surface area contributed by atoms with Crippen LogP contribution >= 0.6 is 11.8 Å². The first-order chi connectivity index (χ1) is 8.93. The van der Waals surface area contributed by atoms with Crippen LogP contribution in [-0.4, -0.2) is 13.0 Å². The molecular formula is C13H10F2O2S2. The van der Waals surface area contributed by atoms with E-state index in [1.165, 1.54) is 24.3 Å². The highest BCUT2D eigenvalue weighted by Gasteiger charge is 2.47. The lowest BCUT2D eigenvalue weighted by molar-refractivity contribution is 0.195. The normalized spacial score (nSPS) is 12.3. The van der Waals surface area contributed by atoms with Crippen molar-refractivity contribution < 1.29 is 17.2 Å². The lowest BCUT2D eigenvalue weighted by atomic mass is 10.4. The summed E-state index contributed by atoms with van der Waals surface area (Å²) in [4.78, 5) is -0.185. The van der Waals surface area contributed by atoms with Crippen LogP contribution in [0.25, 0.3) is 0 Å². The van der Waals surface area contributed by atoms with Gasteiger partial charge in [-0.25, -0.2) is 8.42 Å². The van der Waals surface area contributed by atoms with Crippen molar-refractivity contribution in [3.05, 3.63) is 60.7 Å². The van der Waals surface area contributed by atoms with Gasteiger partial charge in [-0.2, -0.15) is 8.78 Å². The van der Waals surface area contributed by atoms with E-state index in [-0.39, 0.29) is 21.6 Å². The average molecular weight is 300 g/mol. The van der Waals surface area contributed by atoms with Crippen LogP contribution in [0.5, 0.6) is 0 Å². The smallest absolute Gasteiger partial charge is 0.216 e. The Balaban J connectivity index is 2.34. The zero-order valence-corrected chi connectivity index (χ0v) is 11.3. The van der Waals surface area contributed by atoms with Crippen molar-refractivity contribution in [2.75, 3.05) is 0 Å². The molecule has 0 aliphatic heterocycles. The van der Waals surface area contributed by atoms with E-state index < -0.39 is 14.4 Å². The fourth-order valence-corrected chi connectivity index (χ4v) is 3.79. The Bertz CT molecular complexity index is 641. The van der Waals surface area contributed by atoms with Gasteiger partial charge in [0.25, 0.3) is 9.84 Å². The predicted molar refractivity (Wildman–Crippen MR) is 70.9 cm³/mol. The summed E-state index contributed by atoms with van der Waals surface area (Å²) in [6.07, 6.45) is 0. The Hall–Kier alpha value is -1.40.